The minimum Gasteiger partial charge on any atom is -0.481 e. The first-order valence-electron chi connectivity index (χ1n) is 6.62. The highest BCUT2D eigenvalue weighted by Crippen LogP contribution is 2.42. The van der Waals surface area contributed by atoms with E-state index in [-0.39, 0.29) is 0 Å². The van der Waals surface area contributed by atoms with Crippen LogP contribution in [0.1, 0.15) is 19.3 Å². The molecule has 1 unspecified atom stereocenters. The Balaban J connectivity index is 1.70. The smallest absolute Gasteiger partial charge is 0.311 e. The van der Waals surface area contributed by atoms with Crippen LogP contribution in [0.3, 0.4) is 0 Å². The molecular formula is C12H19N3O2S. The van der Waals surface area contributed by atoms with Crippen LogP contribution < -0.4 is 5.32 Å². The second-order valence-electron chi connectivity index (χ2n) is 5.65. The number of fused-ring (bicyclic) bond motifs is 1. The van der Waals surface area contributed by atoms with Gasteiger partial charge in [-0.15, -0.1) is 0 Å². The Morgan fingerprint density at radius 1 is 1.56 bits per heavy atom. The number of thiocarbonyl (C=S) groups is 1. The van der Waals surface area contributed by atoms with E-state index in [1.807, 2.05) is 0 Å². The van der Waals surface area contributed by atoms with Crippen LogP contribution in [0.5, 0.6) is 0 Å². The van der Waals surface area contributed by atoms with E-state index in [0.29, 0.717) is 12.6 Å². The molecule has 5 nitrogen and oxygen atoms in total. The van der Waals surface area contributed by atoms with Crippen molar-refractivity contribution in [3.63, 3.8) is 0 Å². The Morgan fingerprint density at radius 2 is 2.33 bits per heavy atom. The molecule has 3 aliphatic rings. The van der Waals surface area contributed by atoms with E-state index in [1.54, 1.807) is 0 Å². The monoisotopic (exact) mass is 269 g/mol. The van der Waals surface area contributed by atoms with Crippen LogP contribution in [0.2, 0.25) is 0 Å². The lowest BCUT2D eigenvalue weighted by molar-refractivity contribution is -0.155. The second kappa shape index (κ2) is 4.35. The third kappa shape index (κ3) is 1.78. The van der Waals surface area contributed by atoms with Gasteiger partial charge in [0, 0.05) is 32.7 Å². The lowest BCUT2D eigenvalue weighted by Gasteiger charge is -2.40. The van der Waals surface area contributed by atoms with Gasteiger partial charge in [-0.05, 0) is 25.1 Å². The molecule has 6 heteroatoms. The van der Waals surface area contributed by atoms with Crippen LogP contribution in [0.4, 0.5) is 0 Å². The Labute approximate surface area is 112 Å². The van der Waals surface area contributed by atoms with Gasteiger partial charge in [0.1, 0.15) is 0 Å². The normalized spacial score (nSPS) is 30.0. The van der Waals surface area contributed by atoms with E-state index < -0.39 is 11.4 Å². The van der Waals surface area contributed by atoms with Crippen LogP contribution >= 0.6 is 12.2 Å². The summed E-state index contributed by atoms with van der Waals surface area (Å²) in [6.07, 6.45) is 2.62. The summed E-state index contributed by atoms with van der Waals surface area (Å²) in [5.41, 5.74) is -0.536. The van der Waals surface area contributed by atoms with Crippen molar-refractivity contribution >= 4 is 23.3 Å². The molecule has 0 spiro atoms. The predicted molar refractivity (Wildman–Crippen MR) is 71.5 cm³/mol. The van der Waals surface area contributed by atoms with Gasteiger partial charge in [0.25, 0.3) is 0 Å². The number of aliphatic carboxylic acids is 1. The number of nitrogens with one attached hydrogen (secondary N) is 1. The van der Waals surface area contributed by atoms with Crippen LogP contribution in [-0.2, 0) is 4.79 Å². The number of carbonyl (C=O) groups is 1. The molecular weight excluding hydrogens is 250 g/mol. The molecule has 1 atom stereocenters. The number of hydrogen-bond donors (Lipinski definition) is 2. The first-order valence-corrected chi connectivity index (χ1v) is 7.03. The molecule has 100 valence electrons. The summed E-state index contributed by atoms with van der Waals surface area (Å²) in [4.78, 5) is 15.8. The summed E-state index contributed by atoms with van der Waals surface area (Å²) in [6, 6.07) is 0.428. The van der Waals surface area contributed by atoms with Gasteiger partial charge in [-0.25, -0.2) is 0 Å². The standard InChI is InChI=1S/C12H19N3O2S/c16-10(17)12(2-1-3-12)8-14-7-9-6-13-4-5-15(9)11(14)18/h9,13H,1-8H2,(H,16,17). The maximum Gasteiger partial charge on any atom is 0.311 e. The van der Waals surface area contributed by atoms with E-state index in [4.69, 9.17) is 12.2 Å². The minimum atomic E-state index is -0.653. The largest absolute Gasteiger partial charge is 0.481 e. The fourth-order valence-electron chi connectivity index (χ4n) is 3.23. The molecule has 1 aliphatic carbocycles. The number of carboxylic acid groups (broad SMARTS) is 1. The molecule has 3 fully saturated rings. The molecule has 0 aromatic carbocycles. The number of carboxylic acids is 1. The van der Waals surface area contributed by atoms with Crippen LogP contribution in [0.25, 0.3) is 0 Å². The lowest BCUT2D eigenvalue weighted by atomic mass is 9.68. The van der Waals surface area contributed by atoms with E-state index in [2.05, 4.69) is 15.1 Å². The second-order valence-corrected chi connectivity index (χ2v) is 6.02. The Morgan fingerprint density at radius 3 is 2.89 bits per heavy atom. The summed E-state index contributed by atoms with van der Waals surface area (Å²) in [6.45, 7) is 4.33. The summed E-state index contributed by atoms with van der Waals surface area (Å²) >= 11 is 5.50. The molecule has 0 bridgehead atoms. The topological polar surface area (TPSA) is 55.8 Å². The van der Waals surface area contributed by atoms with Crippen molar-refractivity contribution < 1.29 is 9.90 Å². The molecule has 0 amide bonds. The number of rotatable bonds is 3. The first kappa shape index (κ1) is 12.2. The van der Waals surface area contributed by atoms with Crippen molar-refractivity contribution in [3.8, 4) is 0 Å². The zero-order chi connectivity index (χ0) is 12.8. The van der Waals surface area contributed by atoms with Crippen molar-refractivity contribution in [3.05, 3.63) is 0 Å². The molecule has 2 aliphatic heterocycles. The van der Waals surface area contributed by atoms with E-state index >= 15 is 0 Å². The average Bonchev–Trinajstić information content (AvgIpc) is 2.61. The highest BCUT2D eigenvalue weighted by Gasteiger charge is 2.48. The summed E-state index contributed by atoms with van der Waals surface area (Å²) in [5.74, 6) is -0.653. The van der Waals surface area contributed by atoms with Crippen LogP contribution in [0, 0.1) is 5.41 Å². The van der Waals surface area contributed by atoms with E-state index in [9.17, 15) is 9.90 Å². The van der Waals surface area contributed by atoms with Gasteiger partial charge in [0.05, 0.1) is 11.5 Å². The van der Waals surface area contributed by atoms with Gasteiger partial charge in [-0.2, -0.15) is 0 Å². The molecule has 2 heterocycles. The third-order valence-electron chi connectivity index (χ3n) is 4.56. The Kier molecular flexibility index (Phi) is 2.94. The number of hydrogen-bond acceptors (Lipinski definition) is 3. The van der Waals surface area contributed by atoms with Crippen molar-refractivity contribution in [2.24, 2.45) is 5.41 Å². The summed E-state index contributed by atoms with van der Waals surface area (Å²) in [5, 5.41) is 13.6. The number of nitrogens with zero attached hydrogens (tertiary/aromatic N) is 2. The molecule has 2 N–H and O–H groups in total. The Hall–Kier alpha value is -0.880. The summed E-state index contributed by atoms with van der Waals surface area (Å²) < 4.78 is 0. The van der Waals surface area contributed by atoms with Gasteiger partial charge in [0.2, 0.25) is 0 Å². The van der Waals surface area contributed by atoms with E-state index in [1.165, 1.54) is 0 Å². The quantitative estimate of drug-likeness (QED) is 0.710. The SMILES string of the molecule is O=C(O)C1(CN2CC3CNCCN3C2=S)CCC1. The molecule has 3 rings (SSSR count). The number of piperazine rings is 1. The minimum absolute atomic E-state index is 0.428. The van der Waals surface area contributed by atoms with Crippen LogP contribution in [0.15, 0.2) is 0 Å². The Bertz CT molecular complexity index is 384. The van der Waals surface area contributed by atoms with Gasteiger partial charge in [-0.1, -0.05) is 6.42 Å². The molecule has 1 saturated carbocycles. The van der Waals surface area contributed by atoms with Crippen LogP contribution in [-0.4, -0.2) is 64.8 Å². The molecule has 2 saturated heterocycles. The molecule has 0 aromatic heterocycles. The fraction of sp³-hybridized carbons (Fsp3) is 0.833. The fourth-order valence-corrected chi connectivity index (χ4v) is 3.61. The molecule has 18 heavy (non-hydrogen) atoms. The van der Waals surface area contributed by atoms with E-state index in [0.717, 1.165) is 50.6 Å². The summed E-state index contributed by atoms with van der Waals surface area (Å²) in [7, 11) is 0. The third-order valence-corrected chi connectivity index (χ3v) is 5.05. The highest BCUT2D eigenvalue weighted by atomic mass is 32.1. The average molecular weight is 269 g/mol. The molecule has 0 radical (unpaired) electrons. The van der Waals surface area contributed by atoms with Gasteiger partial charge in [-0.3, -0.25) is 4.79 Å². The van der Waals surface area contributed by atoms with Gasteiger partial charge in [0.15, 0.2) is 5.11 Å². The zero-order valence-corrected chi connectivity index (χ0v) is 11.2. The van der Waals surface area contributed by atoms with Crippen molar-refractivity contribution in [1.82, 2.24) is 15.1 Å². The molecule has 0 aromatic rings. The van der Waals surface area contributed by atoms with Gasteiger partial charge >= 0.3 is 5.97 Å². The maximum absolute atomic E-state index is 11.4. The predicted octanol–water partition coefficient (Wildman–Crippen LogP) is 0.116. The highest BCUT2D eigenvalue weighted by molar-refractivity contribution is 7.80. The lowest BCUT2D eigenvalue weighted by Crippen LogP contribution is -2.50. The maximum atomic E-state index is 11.4. The van der Waals surface area contributed by atoms with Crippen molar-refractivity contribution in [1.29, 1.82) is 0 Å². The van der Waals surface area contributed by atoms with Crippen molar-refractivity contribution in [2.75, 3.05) is 32.7 Å². The first-order chi connectivity index (χ1) is 8.62. The van der Waals surface area contributed by atoms with Crippen molar-refractivity contribution in [2.45, 2.75) is 25.3 Å². The van der Waals surface area contributed by atoms with Gasteiger partial charge < -0.3 is 20.2 Å². The zero-order valence-electron chi connectivity index (χ0n) is 10.4.